The van der Waals surface area contributed by atoms with Gasteiger partial charge in [0.2, 0.25) is 11.8 Å². The molecule has 0 radical (unpaired) electrons. The maximum absolute atomic E-state index is 12.7. The summed E-state index contributed by atoms with van der Waals surface area (Å²) in [5.41, 5.74) is -0.0620. The van der Waals surface area contributed by atoms with E-state index < -0.39 is 11.5 Å². The van der Waals surface area contributed by atoms with Crippen LogP contribution in [0, 0.1) is 11.2 Å². The van der Waals surface area contributed by atoms with Crippen molar-refractivity contribution in [2.24, 2.45) is 5.41 Å². The number of halogens is 1. The van der Waals surface area contributed by atoms with Gasteiger partial charge in [-0.05, 0) is 31.2 Å². The van der Waals surface area contributed by atoms with Gasteiger partial charge in [0.25, 0.3) is 0 Å². The lowest BCUT2D eigenvalue weighted by molar-refractivity contribution is -0.131. The highest BCUT2D eigenvalue weighted by atomic mass is 19.1. The third-order valence-corrected chi connectivity index (χ3v) is 2.53. The van der Waals surface area contributed by atoms with Crippen molar-refractivity contribution in [3.05, 3.63) is 30.1 Å². The van der Waals surface area contributed by atoms with Crippen molar-refractivity contribution < 1.29 is 14.0 Å². The van der Waals surface area contributed by atoms with Gasteiger partial charge in [-0.25, -0.2) is 4.39 Å². The summed E-state index contributed by atoms with van der Waals surface area (Å²) in [5.74, 6) is -0.912. The van der Waals surface area contributed by atoms with E-state index in [2.05, 4.69) is 10.6 Å². The quantitative estimate of drug-likeness (QED) is 0.882. The van der Waals surface area contributed by atoms with Crippen molar-refractivity contribution in [2.75, 3.05) is 5.32 Å². The molecule has 1 aromatic rings. The number of hydrogen-bond donors (Lipinski definition) is 2. The summed E-state index contributed by atoms with van der Waals surface area (Å²) in [4.78, 5) is 23.6. The molecule has 0 spiro atoms. The van der Waals surface area contributed by atoms with Crippen LogP contribution in [-0.2, 0) is 9.59 Å². The molecule has 1 rings (SSSR count). The largest absolute Gasteiger partial charge is 0.344 e. The maximum Gasteiger partial charge on any atom is 0.246 e. The van der Waals surface area contributed by atoms with Crippen molar-refractivity contribution in [1.29, 1.82) is 0 Å². The Morgan fingerprint density at radius 3 is 2.16 bits per heavy atom. The summed E-state index contributed by atoms with van der Waals surface area (Å²) in [6.45, 7) is 6.91. The fraction of sp³-hybridized carbons (Fsp3) is 0.429. The van der Waals surface area contributed by atoms with Crippen molar-refractivity contribution >= 4 is 17.5 Å². The van der Waals surface area contributed by atoms with Crippen LogP contribution in [0.3, 0.4) is 0 Å². The van der Waals surface area contributed by atoms with E-state index in [0.717, 1.165) is 0 Å². The van der Waals surface area contributed by atoms with Crippen molar-refractivity contribution in [3.8, 4) is 0 Å². The Labute approximate surface area is 112 Å². The highest BCUT2D eigenvalue weighted by Crippen LogP contribution is 2.13. The van der Waals surface area contributed by atoms with Gasteiger partial charge in [-0.1, -0.05) is 20.8 Å². The van der Waals surface area contributed by atoms with Gasteiger partial charge >= 0.3 is 0 Å². The molecule has 0 aliphatic carbocycles. The standard InChI is InChI=1S/C14H19FN2O2/c1-9(16-13(19)14(2,3)4)12(18)17-11-7-5-10(15)6-8-11/h5-9H,1-4H3,(H,16,19)(H,17,18)/t9-/m0/s1. The van der Waals surface area contributed by atoms with Crippen LogP contribution < -0.4 is 10.6 Å². The Balaban J connectivity index is 2.58. The molecule has 1 atom stereocenters. The lowest BCUT2D eigenvalue weighted by Gasteiger charge is -2.21. The molecular weight excluding hydrogens is 247 g/mol. The molecule has 104 valence electrons. The zero-order valence-corrected chi connectivity index (χ0v) is 11.6. The third-order valence-electron chi connectivity index (χ3n) is 2.53. The molecule has 4 nitrogen and oxygen atoms in total. The van der Waals surface area contributed by atoms with Crippen LogP contribution in [0.25, 0.3) is 0 Å². The van der Waals surface area contributed by atoms with Gasteiger partial charge in [0.05, 0.1) is 0 Å². The Hall–Kier alpha value is -1.91. The Bertz CT molecular complexity index is 463. The second-order valence-electron chi connectivity index (χ2n) is 5.44. The second kappa shape index (κ2) is 5.82. The van der Waals surface area contributed by atoms with Crippen LogP contribution in [0.5, 0.6) is 0 Å². The smallest absolute Gasteiger partial charge is 0.246 e. The van der Waals surface area contributed by atoms with E-state index in [1.165, 1.54) is 24.3 Å². The van der Waals surface area contributed by atoms with Crippen LogP contribution in [0.1, 0.15) is 27.7 Å². The molecule has 0 aromatic heterocycles. The number of carbonyl (C=O) groups excluding carboxylic acids is 2. The Morgan fingerprint density at radius 1 is 1.16 bits per heavy atom. The topological polar surface area (TPSA) is 58.2 Å². The average molecular weight is 266 g/mol. The van der Waals surface area contributed by atoms with Crippen LogP contribution in [0.4, 0.5) is 10.1 Å². The molecule has 0 bridgehead atoms. The van der Waals surface area contributed by atoms with Gasteiger partial charge in [0.1, 0.15) is 11.9 Å². The van der Waals surface area contributed by atoms with E-state index in [-0.39, 0.29) is 17.6 Å². The monoisotopic (exact) mass is 266 g/mol. The van der Waals surface area contributed by atoms with E-state index >= 15 is 0 Å². The minimum Gasteiger partial charge on any atom is -0.344 e. The molecule has 2 amide bonds. The highest BCUT2D eigenvalue weighted by Gasteiger charge is 2.24. The van der Waals surface area contributed by atoms with Crippen LogP contribution in [-0.4, -0.2) is 17.9 Å². The minimum atomic E-state index is -0.656. The average Bonchev–Trinajstić information content (AvgIpc) is 2.30. The second-order valence-corrected chi connectivity index (χ2v) is 5.44. The van der Waals surface area contributed by atoms with Crippen LogP contribution >= 0.6 is 0 Å². The molecule has 1 aromatic carbocycles. The maximum atomic E-state index is 12.7. The van der Waals surface area contributed by atoms with Gasteiger partial charge in [0, 0.05) is 11.1 Å². The molecule has 5 heteroatoms. The van der Waals surface area contributed by atoms with Crippen molar-refractivity contribution in [1.82, 2.24) is 5.32 Å². The Morgan fingerprint density at radius 2 is 1.68 bits per heavy atom. The van der Waals surface area contributed by atoms with E-state index in [0.29, 0.717) is 5.69 Å². The predicted molar refractivity (Wildman–Crippen MR) is 72.1 cm³/mol. The van der Waals surface area contributed by atoms with Gasteiger partial charge in [-0.15, -0.1) is 0 Å². The lowest BCUT2D eigenvalue weighted by Crippen LogP contribution is -2.46. The highest BCUT2D eigenvalue weighted by molar-refractivity contribution is 5.97. The fourth-order valence-electron chi connectivity index (χ4n) is 1.26. The molecule has 2 N–H and O–H groups in total. The number of amides is 2. The number of carbonyl (C=O) groups is 2. The number of nitrogens with one attached hydrogen (secondary N) is 2. The van der Waals surface area contributed by atoms with Crippen molar-refractivity contribution in [3.63, 3.8) is 0 Å². The van der Waals surface area contributed by atoms with Gasteiger partial charge < -0.3 is 10.6 Å². The summed E-state index contributed by atoms with van der Waals surface area (Å²) in [7, 11) is 0. The molecule has 19 heavy (non-hydrogen) atoms. The van der Waals surface area contributed by atoms with Gasteiger partial charge in [0.15, 0.2) is 0 Å². The van der Waals surface area contributed by atoms with E-state index in [1.807, 2.05) is 0 Å². The summed E-state index contributed by atoms with van der Waals surface area (Å²) >= 11 is 0. The fourth-order valence-corrected chi connectivity index (χ4v) is 1.26. The normalized spacial score (nSPS) is 12.7. The molecule has 0 fully saturated rings. The van der Waals surface area contributed by atoms with Crippen LogP contribution in [0.15, 0.2) is 24.3 Å². The van der Waals surface area contributed by atoms with Crippen molar-refractivity contribution in [2.45, 2.75) is 33.7 Å². The minimum absolute atomic E-state index is 0.200. The summed E-state index contributed by atoms with van der Waals surface area (Å²) in [6, 6.07) is 4.79. The SMILES string of the molecule is C[C@H](NC(=O)C(C)(C)C)C(=O)Nc1ccc(F)cc1. The summed E-state index contributed by atoms with van der Waals surface area (Å²) in [6.07, 6.45) is 0. The first-order chi connectivity index (χ1) is 8.70. The third kappa shape index (κ3) is 4.69. The first-order valence-corrected chi connectivity index (χ1v) is 6.07. The molecule has 0 aliphatic rings. The number of rotatable bonds is 3. The molecule has 0 heterocycles. The first-order valence-electron chi connectivity index (χ1n) is 6.07. The molecule has 0 saturated carbocycles. The number of anilines is 1. The zero-order valence-electron chi connectivity index (χ0n) is 11.6. The zero-order chi connectivity index (χ0) is 14.6. The Kier molecular flexibility index (Phi) is 4.64. The van der Waals surface area contributed by atoms with E-state index in [1.54, 1.807) is 27.7 Å². The van der Waals surface area contributed by atoms with E-state index in [9.17, 15) is 14.0 Å². The molecule has 0 aliphatic heterocycles. The first kappa shape index (κ1) is 15.1. The molecule has 0 unspecified atom stereocenters. The summed E-state index contributed by atoms with van der Waals surface area (Å²) < 4.78 is 12.7. The number of hydrogen-bond acceptors (Lipinski definition) is 2. The number of benzene rings is 1. The molecular formula is C14H19FN2O2. The summed E-state index contributed by atoms with van der Waals surface area (Å²) in [5, 5.41) is 5.23. The molecule has 0 saturated heterocycles. The van der Waals surface area contributed by atoms with Gasteiger partial charge in [-0.2, -0.15) is 0 Å². The predicted octanol–water partition coefficient (Wildman–Crippen LogP) is 2.32. The van der Waals surface area contributed by atoms with E-state index in [4.69, 9.17) is 0 Å². The lowest BCUT2D eigenvalue weighted by atomic mass is 9.95. The van der Waals surface area contributed by atoms with Crippen LogP contribution in [0.2, 0.25) is 0 Å². The van der Waals surface area contributed by atoms with Gasteiger partial charge in [-0.3, -0.25) is 9.59 Å².